The van der Waals surface area contributed by atoms with Crippen molar-refractivity contribution in [3.63, 3.8) is 0 Å². The fourth-order valence-electron chi connectivity index (χ4n) is 10.0. The maximum Gasteiger partial charge on any atom is 0.224 e. The van der Waals surface area contributed by atoms with Crippen LogP contribution in [0.4, 0.5) is 5.69 Å². The summed E-state index contributed by atoms with van der Waals surface area (Å²) in [5.74, 6) is 1.90. The lowest BCUT2D eigenvalue weighted by atomic mass is 9.43. The largest absolute Gasteiger partial charge is 0.393 e. The van der Waals surface area contributed by atoms with Crippen molar-refractivity contribution in [1.29, 1.82) is 0 Å². The van der Waals surface area contributed by atoms with Gasteiger partial charge in [-0.15, -0.1) is 0 Å². The monoisotopic (exact) mass is 522 g/mol. The van der Waals surface area contributed by atoms with Gasteiger partial charge in [0, 0.05) is 29.2 Å². The summed E-state index contributed by atoms with van der Waals surface area (Å²) < 4.78 is 0. The molecular formula is C32H46N2O4. The molecule has 1 aromatic heterocycles. The second kappa shape index (κ2) is 9.64. The summed E-state index contributed by atoms with van der Waals surface area (Å²) in [6.45, 7) is 6.92. The number of carbonyl (C=O) groups excluding carboxylic acids is 1. The van der Waals surface area contributed by atoms with Crippen molar-refractivity contribution >= 4 is 22.5 Å². The molecule has 1 aromatic carbocycles. The highest BCUT2D eigenvalue weighted by molar-refractivity contribution is 5.93. The molecule has 0 radical (unpaired) electrons. The Labute approximate surface area is 226 Å². The topological polar surface area (TPSA) is 106 Å². The van der Waals surface area contributed by atoms with Crippen LogP contribution < -0.4 is 5.32 Å². The quantitative estimate of drug-likeness (QED) is 0.358. The predicted octanol–water partition coefficient (Wildman–Crippen LogP) is 5.48. The first-order chi connectivity index (χ1) is 18.1. The van der Waals surface area contributed by atoms with Crippen molar-refractivity contribution in [3.8, 4) is 0 Å². The number of aromatic nitrogens is 1. The molecule has 208 valence electrons. The molecule has 6 heteroatoms. The maximum absolute atomic E-state index is 12.8. The standard InChI is InChI=1S/C32H46N2O4/c1-18(4-9-29(38)34-21-5-8-26-19(14-21)11-13-33-26)23-6-7-24-30-25(17-28(37)32(23,24)3)31(2)12-10-22(35)15-20(31)16-27(30)36/h5,8,11,13-14,18,20,22-25,27-28,30,33,35-37H,4,6-7,9-10,12,15-17H2,1-3H3,(H,34,38). The van der Waals surface area contributed by atoms with E-state index in [2.05, 4.69) is 31.1 Å². The van der Waals surface area contributed by atoms with Gasteiger partial charge in [0.05, 0.1) is 18.3 Å². The van der Waals surface area contributed by atoms with Gasteiger partial charge in [0.1, 0.15) is 0 Å². The Hall–Kier alpha value is -1.89. The molecule has 4 fully saturated rings. The molecule has 0 aliphatic heterocycles. The zero-order chi connectivity index (χ0) is 26.8. The van der Waals surface area contributed by atoms with Gasteiger partial charge in [-0.2, -0.15) is 0 Å². The van der Waals surface area contributed by atoms with Crippen LogP contribution in [0.1, 0.15) is 78.6 Å². The third-order valence-electron chi connectivity index (χ3n) is 12.2. The smallest absolute Gasteiger partial charge is 0.224 e. The Kier molecular flexibility index (Phi) is 6.68. The van der Waals surface area contributed by atoms with E-state index in [1.807, 2.05) is 30.5 Å². The average Bonchev–Trinajstić information content (AvgIpc) is 3.49. The van der Waals surface area contributed by atoms with Gasteiger partial charge in [0.15, 0.2) is 0 Å². The summed E-state index contributed by atoms with van der Waals surface area (Å²) in [4.78, 5) is 16.0. The highest BCUT2D eigenvalue weighted by atomic mass is 16.3. The van der Waals surface area contributed by atoms with Crippen molar-refractivity contribution in [2.45, 2.75) is 96.9 Å². The van der Waals surface area contributed by atoms with Gasteiger partial charge < -0.3 is 25.6 Å². The third kappa shape index (κ3) is 4.13. The van der Waals surface area contributed by atoms with E-state index < -0.39 is 0 Å². The number of fused-ring (bicyclic) bond motifs is 6. The lowest BCUT2D eigenvalue weighted by Gasteiger charge is -2.63. The van der Waals surface area contributed by atoms with E-state index in [0.29, 0.717) is 36.0 Å². The number of hydrogen-bond acceptors (Lipinski definition) is 4. The molecule has 5 N–H and O–H groups in total. The van der Waals surface area contributed by atoms with E-state index in [1.165, 1.54) is 0 Å². The summed E-state index contributed by atoms with van der Waals surface area (Å²) in [5.41, 5.74) is 1.75. The first kappa shape index (κ1) is 26.3. The van der Waals surface area contributed by atoms with Gasteiger partial charge in [-0.3, -0.25) is 4.79 Å². The summed E-state index contributed by atoms with van der Waals surface area (Å²) in [5, 5.41) is 37.7. The Morgan fingerprint density at radius 1 is 1.08 bits per heavy atom. The number of aliphatic hydroxyl groups is 3. The van der Waals surface area contributed by atoms with Crippen LogP contribution >= 0.6 is 0 Å². The van der Waals surface area contributed by atoms with Crippen LogP contribution in [0, 0.1) is 46.3 Å². The van der Waals surface area contributed by atoms with E-state index in [-0.39, 0.29) is 41.0 Å². The van der Waals surface area contributed by atoms with E-state index in [9.17, 15) is 20.1 Å². The Bertz CT molecular complexity index is 1180. The molecule has 11 unspecified atom stereocenters. The number of hydrogen-bond donors (Lipinski definition) is 5. The van der Waals surface area contributed by atoms with Crippen molar-refractivity contribution < 1.29 is 20.1 Å². The molecule has 1 heterocycles. The second-order valence-corrected chi connectivity index (χ2v) is 13.9. The van der Waals surface area contributed by atoms with Gasteiger partial charge in [0.25, 0.3) is 0 Å². The average molecular weight is 523 g/mol. The summed E-state index contributed by atoms with van der Waals surface area (Å²) >= 11 is 0. The van der Waals surface area contributed by atoms with E-state index in [0.717, 1.165) is 68.0 Å². The fraction of sp³-hybridized carbons (Fsp3) is 0.719. The van der Waals surface area contributed by atoms with E-state index in [4.69, 9.17) is 0 Å². The maximum atomic E-state index is 12.8. The molecule has 4 aliphatic carbocycles. The molecule has 0 saturated heterocycles. The molecule has 4 aliphatic rings. The number of amides is 1. The lowest BCUT2D eigenvalue weighted by Crippen LogP contribution is -2.62. The van der Waals surface area contributed by atoms with Gasteiger partial charge in [-0.25, -0.2) is 0 Å². The molecule has 38 heavy (non-hydrogen) atoms. The zero-order valence-electron chi connectivity index (χ0n) is 23.2. The molecule has 0 bridgehead atoms. The van der Waals surface area contributed by atoms with Crippen LogP contribution in [0.2, 0.25) is 0 Å². The molecule has 6 rings (SSSR count). The van der Waals surface area contributed by atoms with Crippen molar-refractivity contribution in [1.82, 2.24) is 4.98 Å². The van der Waals surface area contributed by atoms with E-state index in [1.54, 1.807) is 0 Å². The normalized spacial score (nSPS) is 43.2. The van der Waals surface area contributed by atoms with Crippen LogP contribution in [0.3, 0.4) is 0 Å². The molecule has 6 nitrogen and oxygen atoms in total. The van der Waals surface area contributed by atoms with Crippen LogP contribution in [-0.4, -0.2) is 44.5 Å². The number of aliphatic hydroxyl groups excluding tert-OH is 3. The third-order valence-corrected chi connectivity index (χ3v) is 12.2. The van der Waals surface area contributed by atoms with E-state index >= 15 is 0 Å². The molecule has 0 spiro atoms. The van der Waals surface area contributed by atoms with Crippen molar-refractivity contribution in [2.24, 2.45) is 46.3 Å². The number of H-pyrrole nitrogens is 1. The van der Waals surface area contributed by atoms with Gasteiger partial charge in [-0.1, -0.05) is 20.8 Å². The zero-order valence-corrected chi connectivity index (χ0v) is 23.2. The fourth-order valence-corrected chi connectivity index (χ4v) is 10.0. The number of nitrogens with one attached hydrogen (secondary N) is 2. The number of benzene rings is 1. The van der Waals surface area contributed by atoms with Gasteiger partial charge >= 0.3 is 0 Å². The van der Waals surface area contributed by atoms with Gasteiger partial charge in [0.2, 0.25) is 5.91 Å². The predicted molar refractivity (Wildman–Crippen MR) is 149 cm³/mol. The van der Waals surface area contributed by atoms with Crippen LogP contribution in [0.15, 0.2) is 30.5 Å². The lowest BCUT2D eigenvalue weighted by molar-refractivity contribution is -0.207. The molecular weight excluding hydrogens is 476 g/mol. The van der Waals surface area contributed by atoms with Crippen molar-refractivity contribution in [3.05, 3.63) is 30.5 Å². The Balaban J connectivity index is 1.13. The number of anilines is 1. The highest BCUT2D eigenvalue weighted by Gasteiger charge is 2.65. The van der Waals surface area contributed by atoms with Crippen LogP contribution in [-0.2, 0) is 4.79 Å². The minimum atomic E-state index is -0.389. The Morgan fingerprint density at radius 3 is 2.71 bits per heavy atom. The molecule has 11 atom stereocenters. The van der Waals surface area contributed by atoms with Crippen LogP contribution in [0.5, 0.6) is 0 Å². The minimum Gasteiger partial charge on any atom is -0.393 e. The number of rotatable bonds is 5. The molecule has 2 aromatic rings. The summed E-state index contributed by atoms with van der Waals surface area (Å²) in [7, 11) is 0. The van der Waals surface area contributed by atoms with Crippen molar-refractivity contribution in [2.75, 3.05) is 5.32 Å². The number of carbonyl (C=O) groups is 1. The Morgan fingerprint density at radius 2 is 1.89 bits per heavy atom. The summed E-state index contributed by atoms with van der Waals surface area (Å²) in [6, 6.07) is 7.93. The molecule has 4 saturated carbocycles. The second-order valence-electron chi connectivity index (χ2n) is 13.9. The van der Waals surface area contributed by atoms with Gasteiger partial charge in [-0.05, 0) is 122 Å². The van der Waals surface area contributed by atoms with Crippen LogP contribution in [0.25, 0.3) is 10.9 Å². The minimum absolute atomic E-state index is 0.0387. The first-order valence-corrected chi connectivity index (χ1v) is 15.0. The summed E-state index contributed by atoms with van der Waals surface area (Å²) in [6.07, 6.45) is 8.44. The number of aromatic amines is 1. The highest BCUT2D eigenvalue weighted by Crippen LogP contribution is 2.68. The SMILES string of the molecule is CC(CCC(=O)Nc1ccc2[nH]ccc2c1)C1CCC2C3C(O)CC4CC(O)CCC4(C)C3CC(O)C12C. The molecule has 1 amide bonds. The first-order valence-electron chi connectivity index (χ1n) is 15.0.